The number of unbranched alkanes of at least 4 members (excludes halogenated alkanes) is 2. The van der Waals surface area contributed by atoms with Crippen molar-refractivity contribution in [1.82, 2.24) is 15.8 Å². The zero-order valence-electron chi connectivity index (χ0n) is 16.5. The molecular weight excluding hydrogens is 382 g/mol. The molecule has 7 nitrogen and oxygen atoms in total. The average molecular weight is 407 g/mol. The van der Waals surface area contributed by atoms with E-state index in [1.807, 2.05) is 36.4 Å². The molecule has 0 atom stereocenters. The van der Waals surface area contributed by atoms with Crippen LogP contribution in [0.1, 0.15) is 36.2 Å². The lowest BCUT2D eigenvalue weighted by molar-refractivity contribution is -0.129. The van der Waals surface area contributed by atoms with Gasteiger partial charge in [-0.1, -0.05) is 48.9 Å². The normalized spacial score (nSPS) is 10.6. The highest BCUT2D eigenvalue weighted by molar-refractivity contribution is 6.00. The van der Waals surface area contributed by atoms with Gasteiger partial charge in [0.2, 0.25) is 5.91 Å². The van der Waals surface area contributed by atoms with Crippen LogP contribution in [0, 0.1) is 0 Å². The van der Waals surface area contributed by atoms with Gasteiger partial charge in [-0.2, -0.15) is 0 Å². The Morgan fingerprint density at radius 2 is 1.63 bits per heavy atom. The topological polar surface area (TPSA) is 114 Å². The van der Waals surface area contributed by atoms with Gasteiger partial charge in [0, 0.05) is 24.2 Å². The first-order valence-corrected chi connectivity index (χ1v) is 9.87. The molecule has 2 amide bonds. The Kier molecular flexibility index (Phi) is 7.24. The Morgan fingerprint density at radius 3 is 2.33 bits per heavy atom. The molecule has 2 aromatic carbocycles. The molecule has 156 valence electrons. The molecule has 1 aromatic heterocycles. The number of hydrogen-bond donors (Lipinski definition) is 5. The summed E-state index contributed by atoms with van der Waals surface area (Å²) in [6.45, 7) is 0.480. The minimum absolute atomic E-state index is 0.165. The number of amides is 2. The Labute approximate surface area is 174 Å². The molecule has 3 aromatic rings. The molecule has 0 fully saturated rings. The predicted molar refractivity (Wildman–Crippen MR) is 114 cm³/mol. The van der Waals surface area contributed by atoms with Crippen molar-refractivity contribution in [1.29, 1.82) is 0 Å². The summed E-state index contributed by atoms with van der Waals surface area (Å²) < 4.78 is 0. The molecule has 30 heavy (non-hydrogen) atoms. The average Bonchev–Trinajstić information content (AvgIpc) is 3.22. The second kappa shape index (κ2) is 10.3. The minimum atomic E-state index is -0.405. The van der Waals surface area contributed by atoms with Gasteiger partial charge in [0.25, 0.3) is 5.91 Å². The molecule has 0 aliphatic carbocycles. The van der Waals surface area contributed by atoms with Crippen molar-refractivity contribution in [3.05, 3.63) is 66.4 Å². The highest BCUT2D eigenvalue weighted by Crippen LogP contribution is 2.30. The van der Waals surface area contributed by atoms with Gasteiger partial charge in [0.05, 0.1) is 0 Å². The molecule has 0 radical (unpaired) electrons. The third kappa shape index (κ3) is 5.48. The van der Waals surface area contributed by atoms with Crippen molar-refractivity contribution >= 4 is 11.8 Å². The number of aromatic hydroxyl groups is 1. The Hall–Kier alpha value is -3.58. The van der Waals surface area contributed by atoms with Crippen LogP contribution in [-0.4, -0.2) is 33.7 Å². The van der Waals surface area contributed by atoms with Gasteiger partial charge in [0.1, 0.15) is 11.4 Å². The summed E-state index contributed by atoms with van der Waals surface area (Å²) >= 11 is 0. The van der Waals surface area contributed by atoms with Gasteiger partial charge >= 0.3 is 0 Å². The smallest absolute Gasteiger partial charge is 0.268 e. The van der Waals surface area contributed by atoms with Crippen LogP contribution in [0.2, 0.25) is 0 Å². The van der Waals surface area contributed by atoms with E-state index in [0.29, 0.717) is 18.7 Å². The Bertz CT molecular complexity index is 981. The molecule has 7 heteroatoms. The number of H-pyrrole nitrogens is 1. The van der Waals surface area contributed by atoms with Gasteiger partial charge in [-0.05, 0) is 42.2 Å². The van der Waals surface area contributed by atoms with E-state index < -0.39 is 5.91 Å². The van der Waals surface area contributed by atoms with Gasteiger partial charge in [0.15, 0.2) is 0 Å². The quantitative estimate of drug-likeness (QED) is 0.211. The summed E-state index contributed by atoms with van der Waals surface area (Å²) in [6, 6.07) is 18.4. The second-order valence-corrected chi connectivity index (χ2v) is 6.99. The van der Waals surface area contributed by atoms with Crippen LogP contribution < -0.4 is 10.8 Å². The van der Waals surface area contributed by atoms with E-state index in [2.05, 4.69) is 10.3 Å². The molecule has 0 saturated heterocycles. The van der Waals surface area contributed by atoms with E-state index >= 15 is 0 Å². The largest absolute Gasteiger partial charge is 0.508 e. The molecular formula is C23H25N3O4. The van der Waals surface area contributed by atoms with Crippen LogP contribution in [0.3, 0.4) is 0 Å². The van der Waals surface area contributed by atoms with Crippen molar-refractivity contribution in [3.63, 3.8) is 0 Å². The number of carbonyl (C=O) groups excluding carboxylic acids is 2. The highest BCUT2D eigenvalue weighted by Gasteiger charge is 2.17. The van der Waals surface area contributed by atoms with Crippen LogP contribution in [-0.2, 0) is 4.79 Å². The van der Waals surface area contributed by atoms with Crippen molar-refractivity contribution in [2.24, 2.45) is 0 Å². The number of phenols is 1. The number of hydrogen-bond acceptors (Lipinski definition) is 4. The van der Waals surface area contributed by atoms with Crippen molar-refractivity contribution < 1.29 is 19.9 Å². The van der Waals surface area contributed by atoms with E-state index in [1.165, 1.54) is 0 Å². The zero-order valence-corrected chi connectivity index (χ0v) is 16.5. The molecule has 0 spiro atoms. The molecule has 3 rings (SSSR count). The summed E-state index contributed by atoms with van der Waals surface area (Å²) in [6.07, 6.45) is 2.39. The van der Waals surface area contributed by atoms with Gasteiger partial charge in [-0.3, -0.25) is 14.8 Å². The summed E-state index contributed by atoms with van der Waals surface area (Å²) in [4.78, 5) is 27.1. The predicted octanol–water partition coefficient (Wildman–Crippen LogP) is 3.85. The third-order valence-corrected chi connectivity index (χ3v) is 4.80. The first kappa shape index (κ1) is 21.1. The second-order valence-electron chi connectivity index (χ2n) is 6.99. The third-order valence-electron chi connectivity index (χ3n) is 4.80. The highest BCUT2D eigenvalue weighted by atomic mass is 16.5. The summed E-state index contributed by atoms with van der Waals surface area (Å²) in [5.74, 6) is -0.454. The number of phenolic OH excluding ortho intramolecular Hbond substituents is 1. The summed E-state index contributed by atoms with van der Waals surface area (Å²) in [5.41, 5.74) is 5.45. The molecule has 0 aliphatic rings. The standard InChI is InChI=1S/C23H25N3O4/c27-18-12-10-16(11-13-18)19-15-20(17-7-3-1-4-8-17)25-22(19)23(29)24-14-6-2-5-9-21(28)26-30/h1,3-4,7-8,10-13,15,25,27,30H,2,5-6,9,14H2,(H,24,29)(H,26,28). The summed E-state index contributed by atoms with van der Waals surface area (Å²) in [7, 11) is 0. The maximum Gasteiger partial charge on any atom is 0.268 e. The minimum Gasteiger partial charge on any atom is -0.508 e. The van der Waals surface area contributed by atoms with Crippen molar-refractivity contribution in [2.45, 2.75) is 25.7 Å². The van der Waals surface area contributed by atoms with Crippen LogP contribution in [0.25, 0.3) is 22.4 Å². The number of aromatic amines is 1. The number of carbonyl (C=O) groups is 2. The van der Waals surface area contributed by atoms with E-state index in [-0.39, 0.29) is 18.1 Å². The molecule has 0 aliphatic heterocycles. The van der Waals surface area contributed by atoms with Gasteiger partial charge in [-0.25, -0.2) is 5.48 Å². The van der Waals surface area contributed by atoms with E-state index in [9.17, 15) is 14.7 Å². The first-order valence-electron chi connectivity index (χ1n) is 9.87. The maximum absolute atomic E-state index is 12.8. The monoisotopic (exact) mass is 407 g/mol. The van der Waals surface area contributed by atoms with Gasteiger partial charge in [-0.15, -0.1) is 0 Å². The van der Waals surface area contributed by atoms with Crippen molar-refractivity contribution in [3.8, 4) is 28.1 Å². The van der Waals surface area contributed by atoms with E-state index in [4.69, 9.17) is 5.21 Å². The number of aromatic nitrogens is 1. The molecule has 0 bridgehead atoms. The number of rotatable bonds is 9. The SMILES string of the molecule is O=C(CCCCCNC(=O)c1[nH]c(-c2ccccc2)cc1-c1ccc(O)cc1)NO. The zero-order chi connectivity index (χ0) is 21.3. The lowest BCUT2D eigenvalue weighted by Gasteiger charge is -2.07. The fraction of sp³-hybridized carbons (Fsp3) is 0.217. The molecule has 1 heterocycles. The first-order chi connectivity index (χ1) is 14.6. The fourth-order valence-corrected chi connectivity index (χ4v) is 3.21. The number of benzene rings is 2. The van der Waals surface area contributed by atoms with Crippen LogP contribution >= 0.6 is 0 Å². The van der Waals surface area contributed by atoms with Crippen LogP contribution in [0.5, 0.6) is 5.75 Å². The van der Waals surface area contributed by atoms with Crippen LogP contribution in [0.4, 0.5) is 0 Å². The van der Waals surface area contributed by atoms with E-state index in [1.54, 1.807) is 29.7 Å². The van der Waals surface area contributed by atoms with E-state index in [0.717, 1.165) is 35.2 Å². The molecule has 0 saturated carbocycles. The number of nitrogens with one attached hydrogen (secondary N) is 3. The number of hydroxylamine groups is 1. The van der Waals surface area contributed by atoms with Gasteiger partial charge < -0.3 is 15.4 Å². The molecule has 5 N–H and O–H groups in total. The van der Waals surface area contributed by atoms with Crippen LogP contribution in [0.15, 0.2) is 60.7 Å². The Morgan fingerprint density at radius 1 is 0.900 bits per heavy atom. The van der Waals surface area contributed by atoms with Crippen molar-refractivity contribution in [2.75, 3.05) is 6.54 Å². The molecule has 0 unspecified atom stereocenters. The maximum atomic E-state index is 12.8. The Balaban J connectivity index is 1.72. The lowest BCUT2D eigenvalue weighted by atomic mass is 10.0. The lowest BCUT2D eigenvalue weighted by Crippen LogP contribution is -2.25. The fourth-order valence-electron chi connectivity index (χ4n) is 3.21. The summed E-state index contributed by atoms with van der Waals surface area (Å²) in [5, 5.41) is 21.0.